The Hall–Kier alpha value is -1.86. The van der Waals surface area contributed by atoms with E-state index < -0.39 is 0 Å². The number of aromatic nitrogens is 1. The first kappa shape index (κ1) is 17.0. The minimum absolute atomic E-state index is 0.406. The van der Waals surface area contributed by atoms with E-state index in [1.165, 1.54) is 30.8 Å². The Morgan fingerprint density at radius 3 is 2.92 bits per heavy atom. The highest BCUT2D eigenvalue weighted by Crippen LogP contribution is 2.27. The summed E-state index contributed by atoms with van der Waals surface area (Å²) >= 11 is 1.83. The normalized spacial score (nSPS) is 17.1. The summed E-state index contributed by atoms with van der Waals surface area (Å²) in [6, 6.07) is 6.61. The van der Waals surface area contributed by atoms with Crippen molar-refractivity contribution >= 4 is 17.3 Å². The third-order valence-corrected chi connectivity index (χ3v) is 5.12. The molecule has 1 aliphatic rings. The van der Waals surface area contributed by atoms with Crippen molar-refractivity contribution in [2.45, 2.75) is 32.4 Å². The summed E-state index contributed by atoms with van der Waals surface area (Å²) in [5, 5.41) is 12.9. The predicted octanol–water partition coefficient (Wildman–Crippen LogP) is 2.63. The van der Waals surface area contributed by atoms with Crippen LogP contribution in [0, 0.1) is 0 Å². The van der Waals surface area contributed by atoms with Gasteiger partial charge in [-0.3, -0.25) is 4.90 Å². The standard InChI is InChI=1S/C17H25N5OS/c1-2-18-17(19-12-14-7-10-23-21-14)20-13-15(16-6-5-11-24-16)22-8-3-4-9-22/h5-7,10-11,15H,2-4,8-9,12-13H2,1H3,(H2,18,19,20). The molecule has 6 nitrogen and oxygen atoms in total. The quantitative estimate of drug-likeness (QED) is 0.595. The largest absolute Gasteiger partial charge is 0.364 e. The fourth-order valence-corrected chi connectivity index (χ4v) is 3.82. The molecule has 1 aliphatic heterocycles. The summed E-state index contributed by atoms with van der Waals surface area (Å²) in [4.78, 5) is 8.58. The second-order valence-corrected chi connectivity index (χ2v) is 6.82. The Balaban J connectivity index is 1.63. The van der Waals surface area contributed by atoms with Crippen LogP contribution in [0.25, 0.3) is 0 Å². The van der Waals surface area contributed by atoms with Crippen molar-refractivity contribution in [1.29, 1.82) is 0 Å². The number of hydrogen-bond donors (Lipinski definition) is 2. The van der Waals surface area contributed by atoms with Crippen LogP contribution in [-0.4, -0.2) is 42.2 Å². The molecule has 2 N–H and O–H groups in total. The van der Waals surface area contributed by atoms with Gasteiger partial charge in [0.15, 0.2) is 5.96 Å². The lowest BCUT2D eigenvalue weighted by atomic mass is 10.2. The number of nitrogens with one attached hydrogen (secondary N) is 2. The first-order valence-electron chi connectivity index (χ1n) is 8.55. The van der Waals surface area contributed by atoms with Crippen LogP contribution in [0.1, 0.15) is 36.4 Å². The molecule has 1 unspecified atom stereocenters. The molecule has 1 atom stereocenters. The number of rotatable bonds is 7. The van der Waals surface area contributed by atoms with Crippen molar-refractivity contribution in [2.24, 2.45) is 4.99 Å². The molecule has 2 aromatic heterocycles. The maximum absolute atomic E-state index is 4.86. The van der Waals surface area contributed by atoms with Crippen LogP contribution in [0.3, 0.4) is 0 Å². The zero-order chi connectivity index (χ0) is 16.6. The molecule has 0 saturated carbocycles. The van der Waals surface area contributed by atoms with Gasteiger partial charge in [-0.05, 0) is 44.3 Å². The SMILES string of the molecule is CCNC(=NCc1ccon1)NCC(c1cccs1)N1CCCC1. The second kappa shape index (κ2) is 8.84. The molecule has 0 bridgehead atoms. The van der Waals surface area contributed by atoms with E-state index in [0.29, 0.717) is 12.6 Å². The molecule has 0 radical (unpaired) electrons. The van der Waals surface area contributed by atoms with Crippen LogP contribution in [0.15, 0.2) is 39.4 Å². The summed E-state index contributed by atoms with van der Waals surface area (Å²) in [5.74, 6) is 0.821. The minimum atomic E-state index is 0.406. The molecule has 24 heavy (non-hydrogen) atoms. The molecule has 1 saturated heterocycles. The molecule has 1 fully saturated rings. The Kier molecular flexibility index (Phi) is 6.26. The van der Waals surface area contributed by atoms with Crippen LogP contribution < -0.4 is 10.6 Å². The van der Waals surface area contributed by atoms with Crippen molar-refractivity contribution in [3.05, 3.63) is 40.4 Å². The van der Waals surface area contributed by atoms with Gasteiger partial charge in [0.05, 0.1) is 12.6 Å². The zero-order valence-corrected chi connectivity index (χ0v) is 14.9. The predicted molar refractivity (Wildman–Crippen MR) is 97.2 cm³/mol. The maximum Gasteiger partial charge on any atom is 0.191 e. The molecule has 0 aromatic carbocycles. The molecule has 3 rings (SSSR count). The van der Waals surface area contributed by atoms with Crippen molar-refractivity contribution in [3.8, 4) is 0 Å². The van der Waals surface area contributed by atoms with Gasteiger partial charge in [0, 0.05) is 24.0 Å². The van der Waals surface area contributed by atoms with Crippen LogP contribution in [0.4, 0.5) is 0 Å². The topological polar surface area (TPSA) is 65.7 Å². The highest BCUT2D eigenvalue weighted by molar-refractivity contribution is 7.10. The number of likely N-dealkylation sites (tertiary alicyclic amines) is 1. The van der Waals surface area contributed by atoms with Crippen molar-refractivity contribution in [2.75, 3.05) is 26.2 Å². The van der Waals surface area contributed by atoms with Crippen LogP contribution >= 0.6 is 11.3 Å². The van der Waals surface area contributed by atoms with Gasteiger partial charge in [-0.1, -0.05) is 11.2 Å². The van der Waals surface area contributed by atoms with Gasteiger partial charge in [-0.25, -0.2) is 4.99 Å². The summed E-state index contributed by atoms with van der Waals surface area (Å²) in [5.41, 5.74) is 0.835. The number of guanidine groups is 1. The van der Waals surface area contributed by atoms with E-state index in [9.17, 15) is 0 Å². The van der Waals surface area contributed by atoms with E-state index in [1.54, 1.807) is 6.26 Å². The molecular formula is C17H25N5OS. The van der Waals surface area contributed by atoms with E-state index in [-0.39, 0.29) is 0 Å². The van der Waals surface area contributed by atoms with Gasteiger partial charge in [0.25, 0.3) is 0 Å². The monoisotopic (exact) mass is 347 g/mol. The smallest absolute Gasteiger partial charge is 0.191 e. The first-order valence-corrected chi connectivity index (χ1v) is 9.43. The fraction of sp³-hybridized carbons (Fsp3) is 0.529. The maximum atomic E-state index is 4.86. The van der Waals surface area contributed by atoms with Gasteiger partial charge < -0.3 is 15.2 Å². The Morgan fingerprint density at radius 2 is 2.25 bits per heavy atom. The lowest BCUT2D eigenvalue weighted by Gasteiger charge is -2.27. The highest BCUT2D eigenvalue weighted by Gasteiger charge is 2.24. The molecule has 0 aliphatic carbocycles. The number of nitrogens with zero attached hydrogens (tertiary/aromatic N) is 3. The lowest BCUT2D eigenvalue weighted by Crippen LogP contribution is -2.42. The highest BCUT2D eigenvalue weighted by atomic mass is 32.1. The van der Waals surface area contributed by atoms with Crippen molar-refractivity contribution in [1.82, 2.24) is 20.7 Å². The third-order valence-electron chi connectivity index (χ3n) is 4.15. The van der Waals surface area contributed by atoms with E-state index in [1.807, 2.05) is 17.4 Å². The molecular weight excluding hydrogens is 322 g/mol. The molecule has 7 heteroatoms. The second-order valence-electron chi connectivity index (χ2n) is 5.84. The number of aliphatic imine (C=N–C) groups is 1. The van der Waals surface area contributed by atoms with Crippen molar-refractivity contribution in [3.63, 3.8) is 0 Å². The van der Waals surface area contributed by atoms with E-state index >= 15 is 0 Å². The van der Waals surface area contributed by atoms with Gasteiger partial charge in [-0.15, -0.1) is 11.3 Å². The molecule has 0 amide bonds. The van der Waals surface area contributed by atoms with E-state index in [2.05, 4.69) is 50.1 Å². The van der Waals surface area contributed by atoms with E-state index in [4.69, 9.17) is 4.52 Å². The minimum Gasteiger partial charge on any atom is -0.364 e. The van der Waals surface area contributed by atoms with E-state index in [0.717, 1.165) is 24.7 Å². The Morgan fingerprint density at radius 1 is 1.38 bits per heavy atom. The van der Waals surface area contributed by atoms with Gasteiger partial charge in [0.1, 0.15) is 12.0 Å². The average molecular weight is 347 g/mol. The summed E-state index contributed by atoms with van der Waals surface area (Å²) in [7, 11) is 0. The summed E-state index contributed by atoms with van der Waals surface area (Å²) in [6.07, 6.45) is 4.16. The number of thiophene rings is 1. The molecule has 130 valence electrons. The van der Waals surface area contributed by atoms with Gasteiger partial charge >= 0.3 is 0 Å². The molecule has 2 aromatic rings. The lowest BCUT2D eigenvalue weighted by molar-refractivity contribution is 0.249. The molecule has 0 spiro atoms. The first-order chi connectivity index (χ1) is 11.9. The fourth-order valence-electron chi connectivity index (χ4n) is 2.96. The van der Waals surface area contributed by atoms with Crippen LogP contribution in [-0.2, 0) is 6.54 Å². The Bertz CT molecular complexity index is 605. The van der Waals surface area contributed by atoms with Crippen LogP contribution in [0.2, 0.25) is 0 Å². The van der Waals surface area contributed by atoms with Gasteiger partial charge in [0.2, 0.25) is 0 Å². The van der Waals surface area contributed by atoms with Crippen molar-refractivity contribution < 1.29 is 4.52 Å². The summed E-state index contributed by atoms with van der Waals surface area (Å²) in [6.45, 7) is 6.63. The summed E-state index contributed by atoms with van der Waals surface area (Å²) < 4.78 is 4.86. The molecule has 3 heterocycles. The van der Waals surface area contributed by atoms with Gasteiger partial charge in [-0.2, -0.15) is 0 Å². The number of hydrogen-bond acceptors (Lipinski definition) is 5. The van der Waals surface area contributed by atoms with Crippen LogP contribution in [0.5, 0.6) is 0 Å². The Labute approximate surface area is 146 Å². The third kappa shape index (κ3) is 4.58. The zero-order valence-electron chi connectivity index (χ0n) is 14.1. The average Bonchev–Trinajstić information content (AvgIpc) is 3.35.